The average molecular weight is 266 g/mol. The molecule has 0 aliphatic rings. The predicted molar refractivity (Wildman–Crippen MR) is 76.0 cm³/mol. The molecule has 6 heteroatoms. The number of likely N-dealkylation sites (N-methyl/N-ethyl adjacent to an activating group) is 1. The van der Waals surface area contributed by atoms with Crippen LogP contribution in [0.2, 0.25) is 0 Å². The zero-order valence-electron chi connectivity index (χ0n) is 11.9. The van der Waals surface area contributed by atoms with Crippen LogP contribution in [0, 0.1) is 0 Å². The third-order valence-corrected chi connectivity index (χ3v) is 2.24. The van der Waals surface area contributed by atoms with Crippen molar-refractivity contribution in [1.29, 1.82) is 0 Å². The van der Waals surface area contributed by atoms with E-state index in [1.807, 2.05) is 20.8 Å². The number of rotatable bonds is 4. The molecule has 0 bridgehead atoms. The topological polar surface area (TPSA) is 80.5 Å². The molecule has 0 saturated carbocycles. The van der Waals surface area contributed by atoms with E-state index >= 15 is 0 Å². The van der Waals surface area contributed by atoms with Crippen molar-refractivity contribution in [2.24, 2.45) is 0 Å². The van der Waals surface area contributed by atoms with E-state index in [0.29, 0.717) is 18.8 Å². The summed E-state index contributed by atoms with van der Waals surface area (Å²) in [5.74, 6) is 0.729. The summed E-state index contributed by atoms with van der Waals surface area (Å²) in [6.07, 6.45) is 1.25. The lowest BCUT2D eigenvalue weighted by Crippen LogP contribution is -2.36. The molecule has 3 N–H and O–H groups in total. The summed E-state index contributed by atoms with van der Waals surface area (Å²) in [7, 11) is 1.70. The van der Waals surface area contributed by atoms with Crippen LogP contribution < -0.4 is 11.1 Å². The maximum Gasteiger partial charge on any atom is 0.410 e. The highest BCUT2D eigenvalue weighted by atomic mass is 16.6. The molecule has 0 aliphatic carbocycles. The second-order valence-corrected chi connectivity index (χ2v) is 5.31. The third kappa shape index (κ3) is 5.94. The molecule has 1 aromatic heterocycles. The van der Waals surface area contributed by atoms with Gasteiger partial charge in [0.05, 0.1) is 11.9 Å². The molecule has 1 rings (SSSR count). The predicted octanol–water partition coefficient (Wildman–Crippen LogP) is 1.94. The molecule has 19 heavy (non-hydrogen) atoms. The standard InChI is InChI=1S/C13H22N4O2/c1-13(2,3)19-12(18)17(4)8-7-15-11-6-5-10(14)9-16-11/h5-6,9H,7-8,14H2,1-4H3,(H,15,16). The highest BCUT2D eigenvalue weighted by Crippen LogP contribution is 2.09. The van der Waals surface area contributed by atoms with Crippen molar-refractivity contribution >= 4 is 17.6 Å². The summed E-state index contributed by atoms with van der Waals surface area (Å²) < 4.78 is 5.25. The second kappa shape index (κ2) is 6.26. The first-order valence-electron chi connectivity index (χ1n) is 6.17. The van der Waals surface area contributed by atoms with E-state index < -0.39 is 5.60 Å². The first-order chi connectivity index (χ1) is 8.78. The highest BCUT2D eigenvalue weighted by molar-refractivity contribution is 5.67. The molecule has 0 radical (unpaired) electrons. The summed E-state index contributed by atoms with van der Waals surface area (Å²) in [4.78, 5) is 17.3. The van der Waals surface area contributed by atoms with Crippen molar-refractivity contribution in [1.82, 2.24) is 9.88 Å². The van der Waals surface area contributed by atoms with E-state index in [-0.39, 0.29) is 6.09 Å². The normalized spacial score (nSPS) is 10.9. The molecule has 1 heterocycles. The SMILES string of the molecule is CN(CCNc1ccc(N)cn1)C(=O)OC(C)(C)C. The Kier molecular flexibility index (Phi) is 4.97. The van der Waals surface area contributed by atoms with E-state index in [0.717, 1.165) is 5.82 Å². The largest absolute Gasteiger partial charge is 0.444 e. The lowest BCUT2D eigenvalue weighted by molar-refractivity contribution is 0.0305. The molecule has 106 valence electrons. The fraction of sp³-hybridized carbons (Fsp3) is 0.538. The number of amides is 1. The van der Waals surface area contributed by atoms with Gasteiger partial charge in [-0.05, 0) is 32.9 Å². The van der Waals surface area contributed by atoms with E-state index in [1.54, 1.807) is 25.4 Å². The quantitative estimate of drug-likeness (QED) is 0.870. The van der Waals surface area contributed by atoms with Crippen LogP contribution in [-0.4, -0.2) is 41.7 Å². The number of hydrogen-bond acceptors (Lipinski definition) is 5. The number of aromatic nitrogens is 1. The maximum absolute atomic E-state index is 11.7. The molecule has 1 aromatic rings. The number of carbonyl (C=O) groups is 1. The summed E-state index contributed by atoms with van der Waals surface area (Å²) >= 11 is 0. The van der Waals surface area contributed by atoms with Crippen LogP contribution in [0.5, 0.6) is 0 Å². The van der Waals surface area contributed by atoms with Gasteiger partial charge in [0, 0.05) is 20.1 Å². The van der Waals surface area contributed by atoms with Gasteiger partial charge in [0.15, 0.2) is 0 Å². The fourth-order valence-electron chi connectivity index (χ4n) is 1.29. The Balaban J connectivity index is 2.32. The number of nitrogen functional groups attached to an aromatic ring is 1. The third-order valence-electron chi connectivity index (χ3n) is 2.24. The molecule has 0 aromatic carbocycles. The van der Waals surface area contributed by atoms with Gasteiger partial charge in [0.25, 0.3) is 0 Å². The van der Waals surface area contributed by atoms with Gasteiger partial charge in [-0.3, -0.25) is 0 Å². The van der Waals surface area contributed by atoms with Crippen LogP contribution in [0.1, 0.15) is 20.8 Å². The smallest absolute Gasteiger partial charge is 0.410 e. The Morgan fingerprint density at radius 1 is 1.47 bits per heavy atom. The molecule has 0 unspecified atom stereocenters. The van der Waals surface area contributed by atoms with Crippen molar-refractivity contribution in [3.8, 4) is 0 Å². The lowest BCUT2D eigenvalue weighted by atomic mass is 10.2. The van der Waals surface area contributed by atoms with Crippen molar-refractivity contribution < 1.29 is 9.53 Å². The van der Waals surface area contributed by atoms with Crippen molar-refractivity contribution in [2.45, 2.75) is 26.4 Å². The number of carbonyl (C=O) groups excluding carboxylic acids is 1. The fourth-order valence-corrected chi connectivity index (χ4v) is 1.29. The summed E-state index contributed by atoms with van der Waals surface area (Å²) in [5, 5.41) is 3.10. The minimum atomic E-state index is -0.475. The van der Waals surface area contributed by atoms with E-state index in [4.69, 9.17) is 10.5 Å². The second-order valence-electron chi connectivity index (χ2n) is 5.31. The Morgan fingerprint density at radius 3 is 2.68 bits per heavy atom. The first-order valence-corrected chi connectivity index (χ1v) is 6.17. The Hall–Kier alpha value is -1.98. The monoisotopic (exact) mass is 266 g/mol. The van der Waals surface area contributed by atoms with Gasteiger partial charge >= 0.3 is 6.09 Å². The maximum atomic E-state index is 11.7. The van der Waals surface area contributed by atoms with E-state index in [2.05, 4.69) is 10.3 Å². The van der Waals surface area contributed by atoms with Gasteiger partial charge < -0.3 is 20.7 Å². The summed E-state index contributed by atoms with van der Waals surface area (Å²) in [5.41, 5.74) is 5.69. The van der Waals surface area contributed by atoms with Crippen molar-refractivity contribution in [2.75, 3.05) is 31.2 Å². The molecule has 0 atom stereocenters. The van der Waals surface area contributed by atoms with Crippen LogP contribution in [-0.2, 0) is 4.74 Å². The first kappa shape index (κ1) is 15.1. The van der Waals surface area contributed by atoms with Gasteiger partial charge in [-0.2, -0.15) is 0 Å². The molecule has 6 nitrogen and oxygen atoms in total. The van der Waals surface area contributed by atoms with E-state index in [9.17, 15) is 4.79 Å². The molecule has 0 spiro atoms. The molecule has 0 saturated heterocycles. The molecule has 0 fully saturated rings. The Morgan fingerprint density at radius 2 is 2.16 bits per heavy atom. The number of pyridine rings is 1. The number of nitrogens with zero attached hydrogens (tertiary/aromatic N) is 2. The zero-order chi connectivity index (χ0) is 14.5. The highest BCUT2D eigenvalue weighted by Gasteiger charge is 2.19. The van der Waals surface area contributed by atoms with Crippen LogP contribution in [0.15, 0.2) is 18.3 Å². The van der Waals surface area contributed by atoms with Crippen LogP contribution >= 0.6 is 0 Å². The van der Waals surface area contributed by atoms with Gasteiger partial charge in [-0.25, -0.2) is 9.78 Å². The van der Waals surface area contributed by atoms with Crippen molar-refractivity contribution in [3.63, 3.8) is 0 Å². The number of ether oxygens (including phenoxy) is 1. The Bertz CT molecular complexity index is 412. The summed E-state index contributed by atoms with van der Waals surface area (Å²) in [6.45, 7) is 6.65. The van der Waals surface area contributed by atoms with Crippen LogP contribution in [0.3, 0.4) is 0 Å². The number of hydrogen-bond donors (Lipinski definition) is 2. The molecular formula is C13H22N4O2. The number of nitrogens with two attached hydrogens (primary N) is 1. The average Bonchev–Trinajstić information content (AvgIpc) is 2.29. The van der Waals surface area contributed by atoms with Gasteiger partial charge in [0.2, 0.25) is 0 Å². The zero-order valence-corrected chi connectivity index (χ0v) is 11.9. The van der Waals surface area contributed by atoms with Gasteiger partial charge in [0.1, 0.15) is 11.4 Å². The minimum Gasteiger partial charge on any atom is -0.444 e. The van der Waals surface area contributed by atoms with Crippen LogP contribution in [0.4, 0.5) is 16.3 Å². The summed E-state index contributed by atoms with van der Waals surface area (Å²) in [6, 6.07) is 3.57. The van der Waals surface area contributed by atoms with Crippen molar-refractivity contribution in [3.05, 3.63) is 18.3 Å². The lowest BCUT2D eigenvalue weighted by Gasteiger charge is -2.24. The van der Waals surface area contributed by atoms with E-state index in [1.165, 1.54) is 4.90 Å². The molecule has 0 aliphatic heterocycles. The minimum absolute atomic E-state index is 0.334. The van der Waals surface area contributed by atoms with Crippen LogP contribution in [0.25, 0.3) is 0 Å². The van der Waals surface area contributed by atoms with Gasteiger partial charge in [-0.15, -0.1) is 0 Å². The number of anilines is 2. The molecule has 1 amide bonds. The molecular weight excluding hydrogens is 244 g/mol. The Labute approximate surface area is 113 Å². The number of nitrogens with one attached hydrogen (secondary N) is 1. The van der Waals surface area contributed by atoms with Gasteiger partial charge in [-0.1, -0.05) is 0 Å².